The molecule has 0 amide bonds. The van der Waals surface area contributed by atoms with Gasteiger partial charge in [0, 0.05) is 69.1 Å². The van der Waals surface area contributed by atoms with Crippen molar-refractivity contribution in [2.75, 3.05) is 54.5 Å². The molecule has 4 rings (SSSR count). The Morgan fingerprint density at radius 2 is 1.48 bits per heavy atom. The topological polar surface area (TPSA) is 161 Å². The number of rotatable bonds is 18. The number of nitro benzene ring substituents is 2. The van der Waals surface area contributed by atoms with Crippen molar-refractivity contribution in [3.63, 3.8) is 0 Å². The molecule has 0 bridgehead atoms. The fraction of sp³-hybridized carbons (Fsp3) is 0.265. The Hall–Kier alpha value is -4.82. The standard InChI is InChI=1S/C34H36N6O7S3/c1-4-5-20-47-28-14-16-29(17-15-28)50(45,46)38(19-22-49-33-13-9-7-11-31(33)40(43)44)34-24-27(37(2)3)23-26(36-34)25-35-18-21-48-32-12-8-6-10-30(32)39(41)42/h6-17,23-24,35H,18-22,25H2,1-3H3. The summed E-state index contributed by atoms with van der Waals surface area (Å²) in [5, 5.41) is 26.2. The highest BCUT2D eigenvalue weighted by Gasteiger charge is 2.27. The van der Waals surface area contributed by atoms with Crippen LogP contribution in [0.2, 0.25) is 0 Å². The fourth-order valence-corrected chi connectivity index (χ4v) is 7.98. The van der Waals surface area contributed by atoms with E-state index in [1.54, 1.807) is 61.5 Å². The molecule has 0 aliphatic carbocycles. The lowest BCUT2D eigenvalue weighted by atomic mass is 10.3. The Morgan fingerprint density at radius 3 is 2.06 bits per heavy atom. The van der Waals surface area contributed by atoms with E-state index in [2.05, 4.69) is 17.2 Å². The summed E-state index contributed by atoms with van der Waals surface area (Å²) in [4.78, 5) is 29.7. The van der Waals surface area contributed by atoms with Crippen molar-refractivity contribution in [3.05, 3.63) is 111 Å². The summed E-state index contributed by atoms with van der Waals surface area (Å²) < 4.78 is 35.3. The summed E-state index contributed by atoms with van der Waals surface area (Å²) in [5.41, 5.74) is 1.29. The summed E-state index contributed by atoms with van der Waals surface area (Å²) in [7, 11) is -0.488. The maximum atomic E-state index is 14.2. The highest BCUT2D eigenvalue weighted by Crippen LogP contribution is 2.32. The second kappa shape index (κ2) is 18.3. The molecule has 1 N–H and O–H groups in total. The van der Waals surface area contributed by atoms with Gasteiger partial charge in [0.2, 0.25) is 0 Å². The zero-order chi connectivity index (χ0) is 36.1. The molecule has 13 nitrogen and oxygen atoms in total. The van der Waals surface area contributed by atoms with Gasteiger partial charge in [-0.2, -0.15) is 0 Å². The molecule has 0 radical (unpaired) electrons. The molecule has 50 heavy (non-hydrogen) atoms. The first-order chi connectivity index (χ1) is 24.0. The van der Waals surface area contributed by atoms with E-state index in [9.17, 15) is 28.6 Å². The number of thioether (sulfide) groups is 2. The van der Waals surface area contributed by atoms with Gasteiger partial charge in [0.15, 0.2) is 0 Å². The third kappa shape index (κ3) is 10.3. The normalized spacial score (nSPS) is 10.9. The average molecular weight is 737 g/mol. The Bertz CT molecular complexity index is 1970. The lowest BCUT2D eigenvalue weighted by molar-refractivity contribution is -0.387. The van der Waals surface area contributed by atoms with E-state index in [0.717, 1.165) is 0 Å². The highest BCUT2D eigenvalue weighted by molar-refractivity contribution is 7.99. The fourth-order valence-electron chi connectivity index (χ4n) is 4.57. The van der Waals surface area contributed by atoms with Crippen LogP contribution in [0.1, 0.15) is 12.6 Å². The smallest absolute Gasteiger partial charge is 0.282 e. The van der Waals surface area contributed by atoms with Crippen LogP contribution >= 0.6 is 23.5 Å². The van der Waals surface area contributed by atoms with Crippen LogP contribution in [0.25, 0.3) is 0 Å². The van der Waals surface area contributed by atoms with Crippen LogP contribution < -0.4 is 19.3 Å². The molecule has 0 atom stereocenters. The molecule has 1 heterocycles. The summed E-state index contributed by atoms with van der Waals surface area (Å²) in [5.74, 6) is 6.94. The van der Waals surface area contributed by atoms with Crippen molar-refractivity contribution in [3.8, 4) is 17.6 Å². The minimum atomic E-state index is -4.16. The number of pyridine rings is 1. The molecule has 3 aromatic carbocycles. The van der Waals surface area contributed by atoms with E-state index in [1.165, 1.54) is 52.1 Å². The first kappa shape index (κ1) is 38.0. The number of sulfonamides is 1. The number of ether oxygens (including phenoxy) is 1. The molecule has 1 aromatic heterocycles. The zero-order valence-electron chi connectivity index (χ0n) is 27.6. The molecule has 16 heteroatoms. The van der Waals surface area contributed by atoms with Crippen LogP contribution in [0.4, 0.5) is 22.9 Å². The van der Waals surface area contributed by atoms with E-state index >= 15 is 0 Å². The maximum absolute atomic E-state index is 14.2. The Labute approximate surface area is 299 Å². The van der Waals surface area contributed by atoms with Crippen molar-refractivity contribution in [2.45, 2.75) is 28.2 Å². The molecule has 0 saturated heterocycles. The van der Waals surface area contributed by atoms with Gasteiger partial charge in [0.1, 0.15) is 18.2 Å². The van der Waals surface area contributed by atoms with E-state index in [1.807, 2.05) is 25.1 Å². The maximum Gasteiger partial charge on any atom is 0.282 e. The Balaban J connectivity index is 1.59. The SMILES string of the molecule is CC#CCOc1ccc(S(=O)(=O)N(CCSc2ccccc2[N+](=O)[O-])c2cc(N(C)C)cc(CNCCSc3ccccc3[N+](=O)[O-])n2)cc1. The number of para-hydroxylation sites is 2. The zero-order valence-corrected chi connectivity index (χ0v) is 30.1. The van der Waals surface area contributed by atoms with Gasteiger partial charge in [-0.1, -0.05) is 30.2 Å². The van der Waals surface area contributed by atoms with E-state index in [-0.39, 0.29) is 41.0 Å². The van der Waals surface area contributed by atoms with Gasteiger partial charge in [-0.3, -0.25) is 20.2 Å². The molecule has 0 unspecified atom stereocenters. The van der Waals surface area contributed by atoms with Crippen molar-refractivity contribution >= 4 is 56.4 Å². The van der Waals surface area contributed by atoms with Gasteiger partial charge >= 0.3 is 0 Å². The molecule has 0 spiro atoms. The predicted molar refractivity (Wildman–Crippen MR) is 198 cm³/mol. The lowest BCUT2D eigenvalue weighted by Crippen LogP contribution is -2.34. The molecule has 0 saturated carbocycles. The Morgan fingerprint density at radius 1 is 0.880 bits per heavy atom. The van der Waals surface area contributed by atoms with Gasteiger partial charge in [0.05, 0.1) is 30.2 Å². The summed E-state index contributed by atoms with van der Waals surface area (Å²) in [6, 6.07) is 22.5. The summed E-state index contributed by atoms with van der Waals surface area (Å²) >= 11 is 2.55. The number of benzene rings is 3. The molecule has 4 aromatic rings. The second-order valence-corrected chi connectivity index (χ2v) is 14.8. The number of nitrogens with one attached hydrogen (secondary N) is 1. The molecule has 0 aliphatic heterocycles. The van der Waals surface area contributed by atoms with E-state index in [4.69, 9.17) is 9.72 Å². The van der Waals surface area contributed by atoms with Crippen LogP contribution in [0.3, 0.4) is 0 Å². The van der Waals surface area contributed by atoms with Gasteiger partial charge in [-0.25, -0.2) is 17.7 Å². The van der Waals surface area contributed by atoms with Crippen molar-refractivity contribution in [1.29, 1.82) is 0 Å². The first-order valence-corrected chi connectivity index (χ1v) is 18.7. The number of hydrogen-bond acceptors (Lipinski definition) is 12. The first-order valence-electron chi connectivity index (χ1n) is 15.3. The Kier molecular flexibility index (Phi) is 13.9. The quantitative estimate of drug-likeness (QED) is 0.0404. The highest BCUT2D eigenvalue weighted by atomic mass is 32.2. The van der Waals surface area contributed by atoms with Crippen molar-refractivity contribution < 1.29 is 23.0 Å². The number of nitrogens with zero attached hydrogens (tertiary/aromatic N) is 5. The number of anilines is 2. The minimum Gasteiger partial charge on any atom is -0.481 e. The largest absolute Gasteiger partial charge is 0.481 e. The van der Waals surface area contributed by atoms with E-state index < -0.39 is 19.9 Å². The van der Waals surface area contributed by atoms with Crippen LogP contribution in [-0.4, -0.2) is 68.5 Å². The molecular formula is C34H36N6O7S3. The number of aromatic nitrogens is 1. The monoisotopic (exact) mass is 736 g/mol. The van der Waals surface area contributed by atoms with Crippen molar-refractivity contribution in [2.24, 2.45) is 0 Å². The van der Waals surface area contributed by atoms with Crippen LogP contribution in [0, 0.1) is 32.1 Å². The molecule has 0 fully saturated rings. The molecular weight excluding hydrogens is 701 g/mol. The molecule has 0 aliphatic rings. The molecule has 262 valence electrons. The third-order valence-electron chi connectivity index (χ3n) is 7.04. The van der Waals surface area contributed by atoms with Crippen LogP contribution in [-0.2, 0) is 16.6 Å². The van der Waals surface area contributed by atoms with Gasteiger partial charge in [-0.05, 0) is 49.4 Å². The van der Waals surface area contributed by atoms with Crippen LogP contribution in [0.5, 0.6) is 5.75 Å². The average Bonchev–Trinajstić information content (AvgIpc) is 3.10. The van der Waals surface area contributed by atoms with Gasteiger partial charge in [-0.15, -0.1) is 29.4 Å². The number of hydrogen-bond donors (Lipinski definition) is 1. The number of nitro groups is 2. The van der Waals surface area contributed by atoms with Crippen molar-refractivity contribution in [1.82, 2.24) is 10.3 Å². The summed E-state index contributed by atoms with van der Waals surface area (Å²) in [6.45, 7) is 2.64. The van der Waals surface area contributed by atoms with E-state index in [0.29, 0.717) is 45.8 Å². The lowest BCUT2D eigenvalue weighted by Gasteiger charge is -2.26. The third-order valence-corrected chi connectivity index (χ3v) is 11.0. The minimum absolute atomic E-state index is 0.0193. The van der Waals surface area contributed by atoms with Gasteiger partial charge in [0.25, 0.3) is 21.4 Å². The van der Waals surface area contributed by atoms with Crippen LogP contribution in [0.15, 0.2) is 99.6 Å². The summed E-state index contributed by atoms with van der Waals surface area (Å²) in [6.07, 6.45) is 0. The predicted octanol–water partition coefficient (Wildman–Crippen LogP) is 6.24. The van der Waals surface area contributed by atoms with Gasteiger partial charge < -0.3 is 15.0 Å². The second-order valence-electron chi connectivity index (χ2n) is 10.7.